The number of nitrogens with zero attached hydrogens (tertiary/aromatic N) is 5. The van der Waals surface area contributed by atoms with E-state index in [1.807, 2.05) is 25.1 Å². The molecule has 1 aromatic carbocycles. The molecule has 0 unspecified atom stereocenters. The fourth-order valence-corrected chi connectivity index (χ4v) is 3.86. The standard InChI is InChI=1S/C24H31FN8/c1-16(2)12-19-14-22(31-30-19)28-23-21(25)15-26-24(29-23)27-18-6-5-7-20(13-18)33-10-8-32(9-11-33)17(3)4/h5-7,13-16H,3,8-12H2,1-2,4H3,(H3,26,27,28,29,30,31). The molecule has 0 atom stereocenters. The number of H-pyrrole nitrogens is 1. The second-order valence-corrected chi connectivity index (χ2v) is 8.78. The Kier molecular flexibility index (Phi) is 6.76. The number of nitrogens with one attached hydrogen (secondary N) is 3. The lowest BCUT2D eigenvalue weighted by Gasteiger charge is -2.37. The summed E-state index contributed by atoms with van der Waals surface area (Å²) in [5.41, 5.74) is 4.05. The highest BCUT2D eigenvalue weighted by molar-refractivity contribution is 5.63. The van der Waals surface area contributed by atoms with E-state index >= 15 is 0 Å². The number of anilines is 5. The minimum atomic E-state index is -0.543. The SMILES string of the molecule is C=C(C)N1CCN(c2cccc(Nc3ncc(F)c(Nc4cc(CC(C)C)[nH]n4)n3)c2)CC1. The Balaban J connectivity index is 1.44. The molecule has 0 amide bonds. The van der Waals surface area contributed by atoms with E-state index in [2.05, 4.69) is 73.2 Å². The first kappa shape index (κ1) is 22.6. The molecule has 0 aliphatic carbocycles. The minimum Gasteiger partial charge on any atom is -0.372 e. The van der Waals surface area contributed by atoms with Crippen LogP contribution in [-0.4, -0.2) is 51.2 Å². The van der Waals surface area contributed by atoms with Crippen molar-refractivity contribution in [3.05, 3.63) is 60.3 Å². The molecular weight excluding hydrogens is 419 g/mol. The van der Waals surface area contributed by atoms with Gasteiger partial charge in [0.05, 0.1) is 6.20 Å². The smallest absolute Gasteiger partial charge is 0.229 e. The predicted octanol–water partition coefficient (Wildman–Crippen LogP) is 4.68. The lowest BCUT2D eigenvalue weighted by molar-refractivity contribution is 0.323. The summed E-state index contributed by atoms with van der Waals surface area (Å²) in [6.07, 6.45) is 2.02. The molecule has 3 N–H and O–H groups in total. The maximum absolute atomic E-state index is 14.3. The zero-order valence-corrected chi connectivity index (χ0v) is 19.4. The summed E-state index contributed by atoms with van der Waals surface area (Å²) in [6, 6.07) is 9.95. The van der Waals surface area contributed by atoms with Crippen molar-refractivity contribution in [2.24, 2.45) is 5.92 Å². The van der Waals surface area contributed by atoms with Crippen LogP contribution in [-0.2, 0) is 6.42 Å². The Morgan fingerprint density at radius 2 is 1.97 bits per heavy atom. The van der Waals surface area contributed by atoms with Gasteiger partial charge in [0.15, 0.2) is 17.5 Å². The van der Waals surface area contributed by atoms with Crippen LogP contribution in [0, 0.1) is 11.7 Å². The average Bonchev–Trinajstić information content (AvgIpc) is 3.22. The largest absolute Gasteiger partial charge is 0.372 e. The Morgan fingerprint density at radius 1 is 1.18 bits per heavy atom. The van der Waals surface area contributed by atoms with E-state index < -0.39 is 5.82 Å². The molecule has 9 heteroatoms. The second-order valence-electron chi connectivity index (χ2n) is 8.78. The van der Waals surface area contributed by atoms with Crippen LogP contribution >= 0.6 is 0 Å². The number of rotatable bonds is 8. The van der Waals surface area contributed by atoms with Crippen LogP contribution in [0.1, 0.15) is 26.5 Å². The number of allylic oxidation sites excluding steroid dienone is 1. The van der Waals surface area contributed by atoms with E-state index in [-0.39, 0.29) is 5.82 Å². The molecule has 1 saturated heterocycles. The monoisotopic (exact) mass is 450 g/mol. The molecule has 3 heterocycles. The molecule has 1 fully saturated rings. The molecule has 3 aromatic rings. The fraction of sp³-hybridized carbons (Fsp3) is 0.375. The van der Waals surface area contributed by atoms with Gasteiger partial charge in [-0.2, -0.15) is 10.1 Å². The maximum atomic E-state index is 14.3. The number of aromatic nitrogens is 4. The molecule has 1 aliphatic rings. The molecular formula is C24H31FN8. The van der Waals surface area contributed by atoms with E-state index in [0.29, 0.717) is 17.7 Å². The Morgan fingerprint density at radius 3 is 2.70 bits per heavy atom. The molecule has 0 saturated carbocycles. The first-order valence-corrected chi connectivity index (χ1v) is 11.2. The Labute approximate surface area is 193 Å². The van der Waals surface area contributed by atoms with E-state index in [9.17, 15) is 4.39 Å². The molecule has 174 valence electrons. The fourth-order valence-electron chi connectivity index (χ4n) is 3.86. The van der Waals surface area contributed by atoms with Crippen molar-refractivity contribution in [1.82, 2.24) is 25.1 Å². The van der Waals surface area contributed by atoms with Crippen LogP contribution in [0.2, 0.25) is 0 Å². The third-order valence-corrected chi connectivity index (χ3v) is 5.54. The summed E-state index contributed by atoms with van der Waals surface area (Å²) < 4.78 is 14.3. The normalized spacial score (nSPS) is 14.0. The summed E-state index contributed by atoms with van der Waals surface area (Å²) in [5.74, 6) is 0.849. The van der Waals surface area contributed by atoms with Gasteiger partial charge in [-0.15, -0.1) is 0 Å². The summed E-state index contributed by atoms with van der Waals surface area (Å²) in [4.78, 5) is 13.0. The topological polar surface area (TPSA) is 85.0 Å². The van der Waals surface area contributed by atoms with E-state index in [1.165, 1.54) is 0 Å². The number of aromatic amines is 1. The number of halogens is 1. The number of piperazine rings is 1. The Hall–Kier alpha value is -3.62. The van der Waals surface area contributed by atoms with Gasteiger partial charge in [-0.1, -0.05) is 26.5 Å². The maximum Gasteiger partial charge on any atom is 0.229 e. The lowest BCUT2D eigenvalue weighted by atomic mass is 10.1. The number of hydrogen-bond acceptors (Lipinski definition) is 7. The molecule has 0 bridgehead atoms. The Bertz CT molecular complexity index is 1100. The summed E-state index contributed by atoms with van der Waals surface area (Å²) in [6.45, 7) is 14.1. The highest BCUT2D eigenvalue weighted by Gasteiger charge is 2.17. The molecule has 4 rings (SSSR count). The summed E-state index contributed by atoms with van der Waals surface area (Å²) in [5, 5.41) is 13.3. The highest BCUT2D eigenvalue weighted by Crippen LogP contribution is 2.25. The summed E-state index contributed by atoms with van der Waals surface area (Å²) >= 11 is 0. The molecule has 2 aromatic heterocycles. The van der Waals surface area contributed by atoms with Gasteiger partial charge < -0.3 is 20.4 Å². The van der Waals surface area contributed by atoms with Crippen molar-refractivity contribution in [2.75, 3.05) is 41.7 Å². The van der Waals surface area contributed by atoms with Crippen molar-refractivity contribution in [1.29, 1.82) is 0 Å². The quantitative estimate of drug-likeness (QED) is 0.459. The second kappa shape index (κ2) is 9.89. The van der Waals surface area contributed by atoms with Crippen molar-refractivity contribution < 1.29 is 4.39 Å². The van der Waals surface area contributed by atoms with Crippen LogP contribution in [0.25, 0.3) is 0 Å². The van der Waals surface area contributed by atoms with Gasteiger partial charge >= 0.3 is 0 Å². The average molecular weight is 451 g/mol. The lowest BCUT2D eigenvalue weighted by Crippen LogP contribution is -2.45. The van der Waals surface area contributed by atoms with E-state index in [4.69, 9.17) is 0 Å². The molecule has 33 heavy (non-hydrogen) atoms. The zero-order chi connectivity index (χ0) is 23.4. The third kappa shape index (κ3) is 5.79. The number of hydrogen-bond donors (Lipinski definition) is 3. The van der Waals surface area contributed by atoms with Crippen LogP contribution < -0.4 is 15.5 Å². The zero-order valence-electron chi connectivity index (χ0n) is 19.4. The first-order chi connectivity index (χ1) is 15.9. The van der Waals surface area contributed by atoms with Crippen LogP contribution in [0.3, 0.4) is 0 Å². The molecule has 8 nitrogen and oxygen atoms in total. The van der Waals surface area contributed by atoms with Crippen molar-refractivity contribution in [3.63, 3.8) is 0 Å². The molecule has 0 radical (unpaired) electrons. The third-order valence-electron chi connectivity index (χ3n) is 5.54. The molecule has 0 spiro atoms. The van der Waals surface area contributed by atoms with Gasteiger partial charge in [-0.05, 0) is 37.5 Å². The molecule has 1 aliphatic heterocycles. The van der Waals surface area contributed by atoms with Crippen molar-refractivity contribution >= 4 is 29.0 Å². The van der Waals surface area contributed by atoms with Gasteiger partial charge in [0.2, 0.25) is 5.95 Å². The van der Waals surface area contributed by atoms with Gasteiger partial charge in [-0.25, -0.2) is 9.37 Å². The first-order valence-electron chi connectivity index (χ1n) is 11.2. The highest BCUT2D eigenvalue weighted by atomic mass is 19.1. The van der Waals surface area contributed by atoms with Crippen molar-refractivity contribution in [2.45, 2.75) is 27.2 Å². The van der Waals surface area contributed by atoms with Gasteiger partial charge in [0.25, 0.3) is 0 Å². The van der Waals surface area contributed by atoms with Gasteiger partial charge in [0.1, 0.15) is 0 Å². The van der Waals surface area contributed by atoms with E-state index in [0.717, 1.165) is 61.6 Å². The van der Waals surface area contributed by atoms with E-state index in [1.54, 1.807) is 0 Å². The predicted molar refractivity (Wildman–Crippen MR) is 131 cm³/mol. The van der Waals surface area contributed by atoms with Crippen LogP contribution in [0.15, 0.2) is 48.8 Å². The van der Waals surface area contributed by atoms with Gasteiger partial charge in [0, 0.05) is 55.0 Å². The van der Waals surface area contributed by atoms with Crippen LogP contribution in [0.4, 0.5) is 33.3 Å². The minimum absolute atomic E-state index is 0.0715. The summed E-state index contributed by atoms with van der Waals surface area (Å²) in [7, 11) is 0. The van der Waals surface area contributed by atoms with Crippen molar-refractivity contribution in [3.8, 4) is 0 Å². The van der Waals surface area contributed by atoms with Gasteiger partial charge in [-0.3, -0.25) is 5.10 Å². The van der Waals surface area contributed by atoms with Crippen LogP contribution in [0.5, 0.6) is 0 Å². The number of benzene rings is 1.